The molecule has 0 spiro atoms. The van der Waals surface area contributed by atoms with Crippen LogP contribution in [0.2, 0.25) is 0 Å². The third-order valence-corrected chi connectivity index (χ3v) is 3.97. The van der Waals surface area contributed by atoms with Crippen LogP contribution >= 0.6 is 0 Å². The number of carbonyl (C=O) groups is 1. The lowest BCUT2D eigenvalue weighted by molar-refractivity contribution is 0.0907. The molecule has 0 aliphatic heterocycles. The van der Waals surface area contributed by atoms with Gasteiger partial charge < -0.3 is 14.3 Å². The van der Waals surface area contributed by atoms with Gasteiger partial charge in [0.15, 0.2) is 23.5 Å². The molecule has 3 rings (SSSR count). The van der Waals surface area contributed by atoms with Gasteiger partial charge in [0.2, 0.25) is 0 Å². The molecule has 112 valence electrons. The molecule has 0 saturated heterocycles. The molecule has 0 radical (unpaired) electrons. The fourth-order valence-corrected chi connectivity index (χ4v) is 3.24. The van der Waals surface area contributed by atoms with Gasteiger partial charge in [-0.3, -0.25) is 4.79 Å². The Hall–Kier alpha value is -2.11. The van der Waals surface area contributed by atoms with Crippen molar-refractivity contribution in [3.8, 4) is 11.5 Å². The molecule has 6 nitrogen and oxygen atoms in total. The van der Waals surface area contributed by atoms with E-state index in [2.05, 4.69) is 29.3 Å². The maximum Gasteiger partial charge on any atom is 0.274 e. The molecular weight excluding hydrogens is 270 g/mol. The van der Waals surface area contributed by atoms with E-state index in [9.17, 15) is 4.79 Å². The minimum absolute atomic E-state index is 0.193. The number of rotatable bonds is 3. The second-order valence-electron chi connectivity index (χ2n) is 6.00. The largest absolute Gasteiger partial charge is 0.441 e. The van der Waals surface area contributed by atoms with Crippen molar-refractivity contribution in [3.05, 3.63) is 24.4 Å². The van der Waals surface area contributed by atoms with Crippen molar-refractivity contribution in [2.24, 2.45) is 11.8 Å². The molecule has 2 atom stereocenters. The lowest BCUT2D eigenvalue weighted by Gasteiger charge is -2.31. The average molecular weight is 289 g/mol. The summed E-state index contributed by atoms with van der Waals surface area (Å²) >= 11 is 0. The molecule has 2 aromatic heterocycles. The maximum atomic E-state index is 12.4. The number of hydrogen-bond acceptors (Lipinski definition) is 5. The van der Waals surface area contributed by atoms with E-state index in [1.807, 2.05) is 0 Å². The molecule has 1 aliphatic carbocycles. The first-order valence-electron chi connectivity index (χ1n) is 7.28. The molecule has 1 saturated carbocycles. The van der Waals surface area contributed by atoms with Gasteiger partial charge in [-0.15, -0.1) is 0 Å². The quantitative estimate of drug-likeness (QED) is 0.939. The van der Waals surface area contributed by atoms with Gasteiger partial charge in [0.25, 0.3) is 5.91 Å². The summed E-state index contributed by atoms with van der Waals surface area (Å²) < 4.78 is 10.0. The highest BCUT2D eigenvalue weighted by molar-refractivity contribution is 5.97. The topological polar surface area (TPSA) is 81.2 Å². The van der Waals surface area contributed by atoms with Crippen molar-refractivity contribution in [1.82, 2.24) is 15.5 Å². The van der Waals surface area contributed by atoms with E-state index in [4.69, 9.17) is 8.94 Å². The summed E-state index contributed by atoms with van der Waals surface area (Å²) in [5.41, 5.74) is 0.734. The van der Waals surface area contributed by atoms with Crippen LogP contribution in [0.15, 0.2) is 27.7 Å². The summed E-state index contributed by atoms with van der Waals surface area (Å²) in [6.07, 6.45) is 5.93. The first kappa shape index (κ1) is 13.9. The molecule has 21 heavy (non-hydrogen) atoms. The first-order chi connectivity index (χ1) is 10.1. The molecule has 6 heteroatoms. The van der Waals surface area contributed by atoms with Gasteiger partial charge >= 0.3 is 0 Å². The van der Waals surface area contributed by atoms with E-state index < -0.39 is 0 Å². The van der Waals surface area contributed by atoms with E-state index in [-0.39, 0.29) is 17.6 Å². The fourth-order valence-electron chi connectivity index (χ4n) is 3.24. The SMILES string of the molecule is CC1CC(C)CC(NC(=O)c2ncoc2-c2ccon2)C1. The number of nitrogens with zero attached hydrogens (tertiary/aromatic N) is 2. The smallest absolute Gasteiger partial charge is 0.274 e. The monoisotopic (exact) mass is 289 g/mol. The van der Waals surface area contributed by atoms with Crippen molar-refractivity contribution in [2.75, 3.05) is 0 Å². The van der Waals surface area contributed by atoms with Crippen molar-refractivity contribution in [2.45, 2.75) is 39.2 Å². The number of hydrogen-bond donors (Lipinski definition) is 1. The highest BCUT2D eigenvalue weighted by atomic mass is 16.5. The Morgan fingerprint density at radius 1 is 1.29 bits per heavy atom. The van der Waals surface area contributed by atoms with E-state index in [0.29, 0.717) is 23.3 Å². The minimum Gasteiger partial charge on any atom is -0.441 e. The highest BCUT2D eigenvalue weighted by Gasteiger charge is 2.27. The van der Waals surface area contributed by atoms with Gasteiger partial charge in [0.05, 0.1) is 0 Å². The van der Waals surface area contributed by atoms with Gasteiger partial charge in [-0.25, -0.2) is 4.98 Å². The van der Waals surface area contributed by atoms with Crippen LogP contribution in [0.5, 0.6) is 0 Å². The van der Waals surface area contributed by atoms with Gasteiger partial charge in [-0.05, 0) is 31.1 Å². The predicted molar refractivity (Wildman–Crippen MR) is 75.4 cm³/mol. The summed E-state index contributed by atoms with van der Waals surface area (Å²) in [6.45, 7) is 4.46. The molecule has 2 aromatic rings. The van der Waals surface area contributed by atoms with Gasteiger partial charge in [0.1, 0.15) is 6.26 Å². The van der Waals surface area contributed by atoms with Gasteiger partial charge in [0, 0.05) is 12.1 Å². The molecule has 0 aromatic carbocycles. The first-order valence-corrected chi connectivity index (χ1v) is 7.28. The van der Waals surface area contributed by atoms with Crippen molar-refractivity contribution >= 4 is 5.91 Å². The van der Waals surface area contributed by atoms with E-state index in [0.717, 1.165) is 12.8 Å². The van der Waals surface area contributed by atoms with Crippen molar-refractivity contribution in [3.63, 3.8) is 0 Å². The fraction of sp³-hybridized carbons (Fsp3) is 0.533. The third-order valence-electron chi connectivity index (χ3n) is 3.97. The van der Waals surface area contributed by atoms with Crippen molar-refractivity contribution < 1.29 is 13.7 Å². The lowest BCUT2D eigenvalue weighted by Crippen LogP contribution is -2.40. The summed E-state index contributed by atoms with van der Waals surface area (Å²) in [6, 6.07) is 1.83. The van der Waals surface area contributed by atoms with Crippen LogP contribution in [0.3, 0.4) is 0 Å². The Bertz CT molecular complexity index is 595. The summed E-state index contributed by atoms with van der Waals surface area (Å²) in [5, 5.41) is 6.85. The number of amides is 1. The zero-order valence-corrected chi connectivity index (χ0v) is 12.2. The summed E-state index contributed by atoms with van der Waals surface area (Å²) in [5.74, 6) is 1.39. The molecule has 0 bridgehead atoms. The standard InChI is InChI=1S/C15H19N3O3/c1-9-5-10(2)7-11(6-9)17-15(19)13-14(20-8-16-13)12-3-4-21-18-12/h3-4,8-11H,5-7H2,1-2H3,(H,17,19). The van der Waals surface area contributed by atoms with Crippen LogP contribution in [0.4, 0.5) is 0 Å². The van der Waals surface area contributed by atoms with Gasteiger partial charge in [-0.1, -0.05) is 19.0 Å². The molecule has 1 amide bonds. The van der Waals surface area contributed by atoms with Crippen molar-refractivity contribution in [1.29, 1.82) is 0 Å². The Balaban J connectivity index is 1.73. The lowest BCUT2D eigenvalue weighted by atomic mass is 9.80. The maximum absolute atomic E-state index is 12.4. The number of oxazole rings is 1. The normalized spacial score (nSPS) is 25.7. The Labute approximate surface area is 122 Å². The molecule has 2 heterocycles. The number of aromatic nitrogens is 2. The van der Waals surface area contributed by atoms with Crippen LogP contribution in [-0.2, 0) is 0 Å². The zero-order valence-electron chi connectivity index (χ0n) is 12.2. The Morgan fingerprint density at radius 2 is 2.05 bits per heavy atom. The van der Waals surface area contributed by atoms with Gasteiger partial charge in [-0.2, -0.15) is 0 Å². The third kappa shape index (κ3) is 2.99. The Kier molecular flexibility index (Phi) is 3.77. The summed E-state index contributed by atoms with van der Waals surface area (Å²) in [7, 11) is 0. The highest BCUT2D eigenvalue weighted by Crippen LogP contribution is 2.29. The molecule has 1 aliphatic rings. The molecule has 2 unspecified atom stereocenters. The van der Waals surface area contributed by atoms with Crippen LogP contribution in [-0.4, -0.2) is 22.1 Å². The van der Waals surface area contributed by atoms with E-state index in [1.165, 1.54) is 19.1 Å². The van der Waals surface area contributed by atoms with Crippen LogP contribution in [0, 0.1) is 11.8 Å². The molecular formula is C15H19N3O3. The van der Waals surface area contributed by atoms with E-state index >= 15 is 0 Å². The van der Waals surface area contributed by atoms with E-state index in [1.54, 1.807) is 6.07 Å². The van der Waals surface area contributed by atoms with Crippen LogP contribution in [0.25, 0.3) is 11.5 Å². The second kappa shape index (κ2) is 5.71. The second-order valence-corrected chi connectivity index (χ2v) is 6.00. The summed E-state index contributed by atoms with van der Waals surface area (Å²) in [4.78, 5) is 16.4. The van der Waals surface area contributed by atoms with Crippen LogP contribution < -0.4 is 5.32 Å². The average Bonchev–Trinajstić information content (AvgIpc) is 3.08. The Morgan fingerprint density at radius 3 is 2.71 bits per heavy atom. The predicted octanol–water partition coefficient (Wildman–Crippen LogP) is 2.88. The minimum atomic E-state index is -0.215. The van der Waals surface area contributed by atoms with Crippen LogP contribution in [0.1, 0.15) is 43.6 Å². The molecule has 1 fully saturated rings. The zero-order chi connectivity index (χ0) is 14.8. The molecule has 1 N–H and O–H groups in total. The number of nitrogens with one attached hydrogen (secondary N) is 1. The number of carbonyl (C=O) groups excluding carboxylic acids is 1.